The molecule has 0 fully saturated rings. The van der Waals surface area contributed by atoms with Crippen molar-refractivity contribution < 1.29 is 14.3 Å². The minimum absolute atomic E-state index is 0.170. The van der Waals surface area contributed by atoms with Crippen LogP contribution in [0.5, 0.6) is 5.75 Å². The number of hydrogen-bond donors (Lipinski definition) is 3. The van der Waals surface area contributed by atoms with Crippen LogP contribution in [0.3, 0.4) is 0 Å². The molecule has 0 aromatic heterocycles. The quantitative estimate of drug-likeness (QED) is 0.630. The fraction of sp³-hybridized carbons (Fsp3) is 0.300. The first-order valence-corrected chi connectivity index (χ1v) is 8.84. The molecule has 0 unspecified atom stereocenters. The molecule has 3 amide bonds. The van der Waals surface area contributed by atoms with E-state index in [4.69, 9.17) is 10.5 Å². The van der Waals surface area contributed by atoms with Gasteiger partial charge in [0.15, 0.2) is 0 Å². The highest BCUT2D eigenvalue weighted by Crippen LogP contribution is 2.15. The zero-order valence-electron chi connectivity index (χ0n) is 15.5. The summed E-state index contributed by atoms with van der Waals surface area (Å²) in [7, 11) is 1.72. The summed E-state index contributed by atoms with van der Waals surface area (Å²) in [5.74, 6) is 0.531. The average molecular weight is 370 g/mol. The van der Waals surface area contributed by atoms with Crippen molar-refractivity contribution in [1.82, 2.24) is 10.2 Å². The molecule has 0 heterocycles. The fourth-order valence-corrected chi connectivity index (χ4v) is 2.38. The standard InChI is InChI=1S/C20H26N4O3/c1-24(15-16-5-3-2-4-6-16)20(26)22-13-11-19(25)23-17-7-9-18(10-8-17)27-14-12-21/h2-10H,11-15,21H2,1H3,(H,22,26)(H,23,25). The normalized spacial score (nSPS) is 10.1. The molecule has 0 saturated carbocycles. The average Bonchev–Trinajstić information content (AvgIpc) is 2.68. The third-order valence-electron chi connectivity index (χ3n) is 3.76. The maximum Gasteiger partial charge on any atom is 0.317 e. The molecule has 0 atom stereocenters. The molecule has 0 aliphatic carbocycles. The van der Waals surface area contributed by atoms with Crippen molar-refractivity contribution in [3.63, 3.8) is 0 Å². The highest BCUT2D eigenvalue weighted by molar-refractivity contribution is 5.91. The number of carbonyl (C=O) groups is 2. The lowest BCUT2D eigenvalue weighted by Crippen LogP contribution is -2.38. The number of ether oxygens (including phenoxy) is 1. The van der Waals surface area contributed by atoms with Gasteiger partial charge in [0.1, 0.15) is 12.4 Å². The number of rotatable bonds is 9. The van der Waals surface area contributed by atoms with Gasteiger partial charge in [-0.15, -0.1) is 0 Å². The number of hydrogen-bond acceptors (Lipinski definition) is 4. The Kier molecular flexibility index (Phi) is 8.12. The molecule has 2 aromatic rings. The van der Waals surface area contributed by atoms with Gasteiger partial charge in [0.25, 0.3) is 0 Å². The van der Waals surface area contributed by atoms with E-state index >= 15 is 0 Å². The summed E-state index contributed by atoms with van der Waals surface area (Å²) in [4.78, 5) is 25.6. The smallest absolute Gasteiger partial charge is 0.317 e. The van der Waals surface area contributed by atoms with Gasteiger partial charge in [-0.3, -0.25) is 4.79 Å². The van der Waals surface area contributed by atoms with Gasteiger partial charge in [0.05, 0.1) is 0 Å². The Morgan fingerprint density at radius 2 is 1.78 bits per heavy atom. The SMILES string of the molecule is CN(Cc1ccccc1)C(=O)NCCC(=O)Nc1ccc(OCCN)cc1. The molecule has 0 bridgehead atoms. The molecular formula is C20H26N4O3. The second-order valence-corrected chi connectivity index (χ2v) is 6.03. The van der Waals surface area contributed by atoms with Gasteiger partial charge in [0.2, 0.25) is 5.91 Å². The van der Waals surface area contributed by atoms with Gasteiger partial charge in [-0.25, -0.2) is 4.79 Å². The number of urea groups is 1. The fourth-order valence-electron chi connectivity index (χ4n) is 2.38. The monoisotopic (exact) mass is 370 g/mol. The van der Waals surface area contributed by atoms with Crippen molar-refractivity contribution in [3.8, 4) is 5.75 Å². The lowest BCUT2D eigenvalue weighted by atomic mass is 10.2. The number of anilines is 1. The zero-order valence-corrected chi connectivity index (χ0v) is 15.5. The van der Waals surface area contributed by atoms with Gasteiger partial charge in [0, 0.05) is 38.8 Å². The topological polar surface area (TPSA) is 96.7 Å². The molecule has 0 aliphatic heterocycles. The molecule has 144 valence electrons. The molecule has 0 aliphatic rings. The van der Waals surface area contributed by atoms with Gasteiger partial charge in [-0.05, 0) is 29.8 Å². The maximum atomic E-state index is 12.1. The van der Waals surface area contributed by atoms with Crippen molar-refractivity contribution in [3.05, 3.63) is 60.2 Å². The van der Waals surface area contributed by atoms with Crippen LogP contribution >= 0.6 is 0 Å². The van der Waals surface area contributed by atoms with Crippen LogP contribution in [-0.2, 0) is 11.3 Å². The van der Waals surface area contributed by atoms with Crippen molar-refractivity contribution in [2.45, 2.75) is 13.0 Å². The first-order valence-electron chi connectivity index (χ1n) is 8.84. The summed E-state index contributed by atoms with van der Waals surface area (Å²) in [6, 6.07) is 16.6. The van der Waals surface area contributed by atoms with E-state index in [0.717, 1.165) is 5.56 Å². The molecule has 7 heteroatoms. The van der Waals surface area contributed by atoms with Crippen LogP contribution in [0.2, 0.25) is 0 Å². The molecule has 0 spiro atoms. The minimum Gasteiger partial charge on any atom is -0.492 e. The largest absolute Gasteiger partial charge is 0.492 e. The molecule has 2 rings (SSSR count). The second-order valence-electron chi connectivity index (χ2n) is 6.03. The van der Waals surface area contributed by atoms with Gasteiger partial charge < -0.3 is 26.0 Å². The van der Waals surface area contributed by atoms with E-state index in [1.165, 1.54) is 0 Å². The van der Waals surface area contributed by atoms with E-state index in [9.17, 15) is 9.59 Å². The van der Waals surface area contributed by atoms with Gasteiger partial charge in [-0.2, -0.15) is 0 Å². The van der Waals surface area contributed by atoms with Gasteiger partial charge in [-0.1, -0.05) is 30.3 Å². The van der Waals surface area contributed by atoms with Crippen molar-refractivity contribution in [2.75, 3.05) is 32.1 Å². The summed E-state index contributed by atoms with van der Waals surface area (Å²) in [5.41, 5.74) is 7.10. The number of benzene rings is 2. The molecule has 0 radical (unpaired) electrons. The number of carbonyl (C=O) groups excluding carboxylic acids is 2. The molecular weight excluding hydrogens is 344 g/mol. The number of nitrogens with one attached hydrogen (secondary N) is 2. The Bertz CT molecular complexity index is 720. The van der Waals surface area contributed by atoms with Crippen LogP contribution in [-0.4, -0.2) is 43.6 Å². The second kappa shape index (κ2) is 10.8. The Balaban J connectivity index is 1.68. The Morgan fingerprint density at radius 1 is 1.07 bits per heavy atom. The van der Waals surface area contributed by atoms with Gasteiger partial charge >= 0.3 is 6.03 Å². The molecule has 0 saturated heterocycles. The lowest BCUT2D eigenvalue weighted by molar-refractivity contribution is -0.116. The number of amides is 3. The van der Waals surface area contributed by atoms with Crippen molar-refractivity contribution in [1.29, 1.82) is 0 Å². The van der Waals surface area contributed by atoms with E-state index in [-0.39, 0.29) is 24.9 Å². The Hall–Kier alpha value is -3.06. The predicted molar refractivity (Wildman–Crippen MR) is 106 cm³/mol. The van der Waals surface area contributed by atoms with E-state index in [1.54, 1.807) is 36.2 Å². The molecule has 7 nitrogen and oxygen atoms in total. The summed E-state index contributed by atoms with van der Waals surface area (Å²) in [5, 5.41) is 5.53. The Morgan fingerprint density at radius 3 is 2.44 bits per heavy atom. The number of nitrogens with zero attached hydrogens (tertiary/aromatic N) is 1. The van der Waals surface area contributed by atoms with E-state index in [1.807, 2.05) is 30.3 Å². The van der Waals surface area contributed by atoms with E-state index in [2.05, 4.69) is 10.6 Å². The summed E-state index contributed by atoms with van der Waals surface area (Å²) >= 11 is 0. The third kappa shape index (κ3) is 7.37. The first kappa shape index (κ1) is 20.3. The van der Waals surface area contributed by atoms with Crippen LogP contribution in [0.4, 0.5) is 10.5 Å². The maximum absolute atomic E-state index is 12.1. The number of nitrogens with two attached hydrogens (primary N) is 1. The van der Waals surface area contributed by atoms with Crippen LogP contribution in [0, 0.1) is 0 Å². The molecule has 27 heavy (non-hydrogen) atoms. The first-order chi connectivity index (χ1) is 13.1. The summed E-state index contributed by atoms with van der Waals surface area (Å²) in [6.07, 6.45) is 0.191. The van der Waals surface area contributed by atoms with E-state index in [0.29, 0.717) is 31.1 Å². The Labute approximate surface area is 159 Å². The summed E-state index contributed by atoms with van der Waals surface area (Å²) < 4.78 is 5.38. The van der Waals surface area contributed by atoms with Crippen LogP contribution < -0.4 is 21.1 Å². The van der Waals surface area contributed by atoms with Crippen molar-refractivity contribution in [2.24, 2.45) is 5.73 Å². The van der Waals surface area contributed by atoms with Crippen molar-refractivity contribution >= 4 is 17.6 Å². The van der Waals surface area contributed by atoms with Crippen LogP contribution in [0.25, 0.3) is 0 Å². The summed E-state index contributed by atoms with van der Waals surface area (Å²) in [6.45, 7) is 1.67. The predicted octanol–water partition coefficient (Wildman–Crippen LogP) is 2.19. The molecule has 4 N–H and O–H groups in total. The minimum atomic E-state index is -0.215. The van der Waals surface area contributed by atoms with E-state index < -0.39 is 0 Å². The lowest BCUT2D eigenvalue weighted by Gasteiger charge is -2.18. The van der Waals surface area contributed by atoms with Crippen LogP contribution in [0.15, 0.2) is 54.6 Å². The van der Waals surface area contributed by atoms with Crippen LogP contribution in [0.1, 0.15) is 12.0 Å². The highest BCUT2D eigenvalue weighted by atomic mass is 16.5. The highest BCUT2D eigenvalue weighted by Gasteiger charge is 2.09. The zero-order chi connectivity index (χ0) is 19.5. The third-order valence-corrected chi connectivity index (χ3v) is 3.76. The molecule has 2 aromatic carbocycles.